The molecule has 0 aromatic heterocycles. The molecule has 0 spiro atoms. The van der Waals surface area contributed by atoms with E-state index in [0.29, 0.717) is 6.54 Å². The lowest BCUT2D eigenvalue weighted by Crippen LogP contribution is -2.60. The van der Waals surface area contributed by atoms with Gasteiger partial charge in [0.2, 0.25) is 0 Å². The maximum atomic E-state index is 9.80. The van der Waals surface area contributed by atoms with Gasteiger partial charge in [-0.15, -0.1) is 0 Å². The van der Waals surface area contributed by atoms with Crippen LogP contribution in [-0.4, -0.2) is 72.8 Å². The van der Waals surface area contributed by atoms with Crippen molar-refractivity contribution in [3.05, 3.63) is 35.9 Å². The van der Waals surface area contributed by atoms with Crippen LogP contribution in [0.15, 0.2) is 35.3 Å². The van der Waals surface area contributed by atoms with Gasteiger partial charge < -0.3 is 15.7 Å². The fraction of sp³-hybridized carbons (Fsp3) is 0.682. The molecule has 28 heavy (non-hydrogen) atoms. The zero-order chi connectivity index (χ0) is 19.7. The lowest BCUT2D eigenvalue weighted by molar-refractivity contribution is 0.0626. The number of hydrogen-bond donors (Lipinski definition) is 3. The summed E-state index contributed by atoms with van der Waals surface area (Å²) in [7, 11) is 1.83. The van der Waals surface area contributed by atoms with Gasteiger partial charge in [0.15, 0.2) is 5.96 Å². The van der Waals surface area contributed by atoms with E-state index < -0.39 is 0 Å². The molecule has 5 nitrogen and oxygen atoms in total. The second kappa shape index (κ2) is 11.1. The van der Waals surface area contributed by atoms with E-state index in [0.717, 1.165) is 18.1 Å². The molecule has 1 aromatic rings. The highest BCUT2D eigenvalue weighted by Gasteiger charge is 2.38. The monoisotopic (exact) mass is 404 g/mol. The first-order valence-electron chi connectivity index (χ1n) is 10.7. The van der Waals surface area contributed by atoms with Gasteiger partial charge in [0.25, 0.3) is 0 Å². The van der Waals surface area contributed by atoms with Gasteiger partial charge in [-0.2, -0.15) is 11.8 Å². The summed E-state index contributed by atoms with van der Waals surface area (Å²) in [6.07, 6.45) is 6.60. The third-order valence-corrected chi connectivity index (χ3v) is 7.22. The Hall–Kier alpha value is -1.24. The SMILES string of the molecule is CN=C(NCC(CO)c1ccccc1)NCC1(N2CCSCC2)CCCCC1. The predicted molar refractivity (Wildman–Crippen MR) is 120 cm³/mol. The van der Waals surface area contributed by atoms with Crippen LogP contribution in [0.1, 0.15) is 43.6 Å². The Morgan fingerprint density at radius 2 is 1.86 bits per heavy atom. The predicted octanol–water partition coefficient (Wildman–Crippen LogP) is 2.68. The molecule has 1 unspecified atom stereocenters. The van der Waals surface area contributed by atoms with Gasteiger partial charge in [-0.25, -0.2) is 0 Å². The average Bonchev–Trinajstić information content (AvgIpc) is 2.78. The molecule has 1 saturated heterocycles. The number of rotatable bonds is 7. The first-order chi connectivity index (χ1) is 13.8. The molecule has 0 amide bonds. The Morgan fingerprint density at radius 1 is 1.14 bits per heavy atom. The van der Waals surface area contributed by atoms with Crippen molar-refractivity contribution >= 4 is 17.7 Å². The van der Waals surface area contributed by atoms with Crippen molar-refractivity contribution < 1.29 is 5.11 Å². The Labute approximate surface area is 174 Å². The number of nitrogens with one attached hydrogen (secondary N) is 2. The van der Waals surface area contributed by atoms with E-state index in [1.807, 2.05) is 25.2 Å². The summed E-state index contributed by atoms with van der Waals surface area (Å²) in [6, 6.07) is 10.2. The van der Waals surface area contributed by atoms with Crippen LogP contribution in [0.3, 0.4) is 0 Å². The fourth-order valence-electron chi connectivity index (χ4n) is 4.55. The molecule has 0 bridgehead atoms. The molecule has 1 saturated carbocycles. The number of aliphatic hydroxyl groups is 1. The van der Waals surface area contributed by atoms with E-state index in [9.17, 15) is 5.11 Å². The smallest absolute Gasteiger partial charge is 0.191 e. The van der Waals surface area contributed by atoms with Gasteiger partial charge in [0.05, 0.1) is 6.61 Å². The van der Waals surface area contributed by atoms with Crippen LogP contribution >= 0.6 is 11.8 Å². The van der Waals surface area contributed by atoms with Crippen LogP contribution in [0.5, 0.6) is 0 Å². The van der Waals surface area contributed by atoms with Crippen molar-refractivity contribution in [3.63, 3.8) is 0 Å². The lowest BCUT2D eigenvalue weighted by Gasteiger charge is -2.48. The minimum Gasteiger partial charge on any atom is -0.396 e. The second-order valence-corrected chi connectivity index (χ2v) is 9.21. The van der Waals surface area contributed by atoms with Crippen molar-refractivity contribution in [2.45, 2.75) is 43.6 Å². The highest BCUT2D eigenvalue weighted by molar-refractivity contribution is 7.99. The molecule has 156 valence electrons. The zero-order valence-corrected chi connectivity index (χ0v) is 18.0. The van der Waals surface area contributed by atoms with Crippen LogP contribution in [0.4, 0.5) is 0 Å². The summed E-state index contributed by atoms with van der Waals surface area (Å²) >= 11 is 2.08. The summed E-state index contributed by atoms with van der Waals surface area (Å²) in [5.74, 6) is 3.42. The maximum Gasteiger partial charge on any atom is 0.191 e. The van der Waals surface area contributed by atoms with E-state index in [2.05, 4.69) is 44.4 Å². The van der Waals surface area contributed by atoms with Gasteiger partial charge in [-0.3, -0.25) is 9.89 Å². The minimum atomic E-state index is 0.0718. The molecule has 1 aliphatic carbocycles. The number of benzene rings is 1. The Bertz CT molecular complexity index is 598. The Balaban J connectivity index is 1.57. The van der Waals surface area contributed by atoms with Gasteiger partial charge >= 0.3 is 0 Å². The van der Waals surface area contributed by atoms with E-state index >= 15 is 0 Å². The number of nitrogens with zero attached hydrogens (tertiary/aromatic N) is 2. The molecule has 3 rings (SSSR count). The van der Waals surface area contributed by atoms with Crippen molar-refractivity contribution in [2.75, 3.05) is 51.3 Å². The van der Waals surface area contributed by atoms with Crippen molar-refractivity contribution in [2.24, 2.45) is 4.99 Å². The highest BCUT2D eigenvalue weighted by atomic mass is 32.2. The average molecular weight is 405 g/mol. The van der Waals surface area contributed by atoms with Crippen molar-refractivity contribution in [1.29, 1.82) is 0 Å². The largest absolute Gasteiger partial charge is 0.396 e. The highest BCUT2D eigenvalue weighted by Crippen LogP contribution is 2.34. The first-order valence-corrected chi connectivity index (χ1v) is 11.9. The lowest BCUT2D eigenvalue weighted by atomic mass is 9.80. The summed E-state index contributed by atoms with van der Waals surface area (Å²) in [6.45, 7) is 4.17. The molecule has 3 N–H and O–H groups in total. The van der Waals surface area contributed by atoms with Crippen molar-refractivity contribution in [3.8, 4) is 0 Å². The minimum absolute atomic E-state index is 0.0718. The molecule has 1 aromatic carbocycles. The van der Waals surface area contributed by atoms with Gasteiger partial charge in [-0.05, 0) is 18.4 Å². The molecular formula is C22H36N4OS. The van der Waals surface area contributed by atoms with E-state index in [1.54, 1.807) is 0 Å². The van der Waals surface area contributed by atoms with Crippen LogP contribution in [0.2, 0.25) is 0 Å². The summed E-state index contributed by atoms with van der Waals surface area (Å²) < 4.78 is 0. The second-order valence-electron chi connectivity index (χ2n) is 7.98. The normalized spacial score (nSPS) is 21.9. The summed E-state index contributed by atoms with van der Waals surface area (Å²) in [5, 5.41) is 16.9. The summed E-state index contributed by atoms with van der Waals surface area (Å²) in [5.41, 5.74) is 1.43. The van der Waals surface area contributed by atoms with Crippen LogP contribution in [0.25, 0.3) is 0 Å². The molecule has 0 radical (unpaired) electrons. The van der Waals surface area contributed by atoms with Crippen LogP contribution in [-0.2, 0) is 0 Å². The van der Waals surface area contributed by atoms with E-state index in [4.69, 9.17) is 0 Å². The molecule has 1 aliphatic heterocycles. The van der Waals surface area contributed by atoms with Crippen LogP contribution in [0, 0.1) is 0 Å². The standard InChI is InChI=1S/C22H36N4OS/c1-23-21(24-16-20(17-27)19-8-4-2-5-9-19)25-18-22(10-6-3-7-11-22)26-12-14-28-15-13-26/h2,4-5,8-9,20,27H,3,6-7,10-18H2,1H3,(H2,23,24,25). The van der Waals surface area contributed by atoms with Gasteiger partial charge in [0.1, 0.15) is 0 Å². The van der Waals surface area contributed by atoms with Gasteiger partial charge in [0, 0.05) is 56.2 Å². The fourth-order valence-corrected chi connectivity index (χ4v) is 5.46. The van der Waals surface area contributed by atoms with Gasteiger partial charge in [-0.1, -0.05) is 49.6 Å². The maximum absolute atomic E-state index is 9.80. The third kappa shape index (κ3) is 5.65. The molecule has 1 heterocycles. The topological polar surface area (TPSA) is 59.9 Å². The number of aliphatic hydroxyl groups excluding tert-OH is 1. The quantitative estimate of drug-likeness (QED) is 0.482. The molecular weight excluding hydrogens is 368 g/mol. The molecule has 2 aliphatic rings. The Morgan fingerprint density at radius 3 is 2.50 bits per heavy atom. The number of thioether (sulfide) groups is 1. The van der Waals surface area contributed by atoms with Crippen LogP contribution < -0.4 is 10.6 Å². The third-order valence-electron chi connectivity index (χ3n) is 6.28. The van der Waals surface area contributed by atoms with E-state index in [1.165, 1.54) is 56.7 Å². The van der Waals surface area contributed by atoms with E-state index in [-0.39, 0.29) is 18.1 Å². The Kier molecular flexibility index (Phi) is 8.49. The number of aliphatic imine (C=N–C) groups is 1. The molecule has 6 heteroatoms. The molecule has 2 fully saturated rings. The number of guanidine groups is 1. The summed E-state index contributed by atoms with van der Waals surface area (Å²) in [4.78, 5) is 7.18. The van der Waals surface area contributed by atoms with Crippen molar-refractivity contribution in [1.82, 2.24) is 15.5 Å². The number of hydrogen-bond acceptors (Lipinski definition) is 4. The first kappa shape index (κ1) is 21.5. The molecule has 1 atom stereocenters. The zero-order valence-electron chi connectivity index (χ0n) is 17.2.